The van der Waals surface area contributed by atoms with Crippen molar-refractivity contribution in [3.63, 3.8) is 0 Å². The second-order valence-electron chi connectivity index (χ2n) is 5.84. The number of methoxy groups -OCH3 is 1. The van der Waals surface area contributed by atoms with E-state index in [1.165, 1.54) is 12.1 Å². The van der Waals surface area contributed by atoms with Crippen LogP contribution in [0.5, 0.6) is 0 Å². The van der Waals surface area contributed by atoms with E-state index in [4.69, 9.17) is 16.3 Å². The molecule has 1 fully saturated rings. The number of piperidine rings is 1. The summed E-state index contributed by atoms with van der Waals surface area (Å²) < 4.78 is 32.2. The van der Waals surface area contributed by atoms with E-state index in [0.29, 0.717) is 17.5 Å². The fraction of sp³-hybridized carbons (Fsp3) is 0.643. The molecule has 0 aromatic carbocycles. The van der Waals surface area contributed by atoms with Gasteiger partial charge in [0.25, 0.3) is 10.0 Å². The summed E-state index contributed by atoms with van der Waals surface area (Å²) >= 11 is 6.69. The molecule has 0 aliphatic carbocycles. The van der Waals surface area contributed by atoms with Crippen LogP contribution >= 0.6 is 35.3 Å². The van der Waals surface area contributed by atoms with Gasteiger partial charge in [0, 0.05) is 19.1 Å². The molecule has 1 saturated heterocycles. The largest absolute Gasteiger partial charge is 0.384 e. The van der Waals surface area contributed by atoms with E-state index in [1.54, 1.807) is 7.11 Å². The maximum absolute atomic E-state index is 12.1. The predicted molar refractivity (Wildman–Crippen MR) is 101 cm³/mol. The Morgan fingerprint density at radius 2 is 2.08 bits per heavy atom. The summed E-state index contributed by atoms with van der Waals surface area (Å²) in [6.45, 7) is 2.48. The normalized spacial score (nSPS) is 16.9. The molecule has 1 aromatic heterocycles. The number of carbonyl (C=O) groups excluding carboxylic acids is 1. The lowest BCUT2D eigenvalue weighted by Gasteiger charge is -2.37. The molecule has 1 aliphatic rings. The third-order valence-electron chi connectivity index (χ3n) is 4.01. The highest BCUT2D eigenvalue weighted by molar-refractivity contribution is 7.91. The fourth-order valence-electron chi connectivity index (χ4n) is 2.66. The molecule has 25 heavy (non-hydrogen) atoms. The lowest BCUT2D eigenvalue weighted by molar-refractivity contribution is -0.120. The van der Waals surface area contributed by atoms with Gasteiger partial charge in [0.15, 0.2) is 0 Å². The molecule has 2 rings (SSSR count). The molecule has 0 unspecified atom stereocenters. The highest BCUT2D eigenvalue weighted by atomic mass is 35.5. The molecule has 7 nitrogen and oxygen atoms in total. The lowest BCUT2D eigenvalue weighted by atomic mass is 9.79. The van der Waals surface area contributed by atoms with Crippen LogP contribution in [0.25, 0.3) is 0 Å². The summed E-state index contributed by atoms with van der Waals surface area (Å²) in [7, 11) is -2.07. The maximum Gasteiger partial charge on any atom is 0.250 e. The van der Waals surface area contributed by atoms with Crippen LogP contribution in [0.2, 0.25) is 4.34 Å². The van der Waals surface area contributed by atoms with E-state index >= 15 is 0 Å². The summed E-state index contributed by atoms with van der Waals surface area (Å²) in [5, 5.41) is 6.09. The summed E-state index contributed by atoms with van der Waals surface area (Å²) in [6, 6.07) is 2.92. The van der Waals surface area contributed by atoms with Crippen molar-refractivity contribution in [2.45, 2.75) is 17.1 Å². The van der Waals surface area contributed by atoms with Crippen LogP contribution < -0.4 is 15.4 Å². The molecular formula is C14H23Cl2N3O4S2. The first-order valence-corrected chi connectivity index (χ1v) is 10.3. The zero-order valence-electron chi connectivity index (χ0n) is 13.8. The second kappa shape index (κ2) is 10.1. The Labute approximate surface area is 163 Å². The number of ether oxygens (including phenoxy) is 1. The highest BCUT2D eigenvalue weighted by Crippen LogP contribution is 2.28. The highest BCUT2D eigenvalue weighted by Gasteiger charge is 2.32. The van der Waals surface area contributed by atoms with E-state index in [2.05, 4.69) is 15.4 Å². The Hall–Kier alpha value is -0.420. The number of rotatable bonds is 8. The lowest BCUT2D eigenvalue weighted by Crippen LogP contribution is -2.48. The molecule has 1 amide bonds. The number of hydrogen-bond donors (Lipinski definition) is 3. The Kier molecular flexibility index (Phi) is 9.10. The minimum atomic E-state index is -3.71. The Bertz CT molecular complexity index is 655. The second-order valence-corrected chi connectivity index (χ2v) is 9.55. The van der Waals surface area contributed by atoms with Gasteiger partial charge in [-0.1, -0.05) is 11.6 Å². The molecule has 1 aromatic rings. The maximum atomic E-state index is 12.1. The standard InChI is InChI=1S/C14H22ClN3O4S2.ClH/c1-22-10-14(4-6-16-7-5-14)9-17-12(19)8-18-24(20,21)13-3-2-11(15)23-13;/h2-3,16,18H,4-10H2,1H3,(H,17,19);1H. The van der Waals surface area contributed by atoms with Crippen molar-refractivity contribution in [1.29, 1.82) is 0 Å². The fourth-order valence-corrected chi connectivity index (χ4v) is 5.17. The molecule has 0 atom stereocenters. The van der Waals surface area contributed by atoms with Crippen molar-refractivity contribution in [2.75, 3.05) is 39.9 Å². The summed E-state index contributed by atoms with van der Waals surface area (Å²) in [6.07, 6.45) is 1.81. The number of hydrogen-bond acceptors (Lipinski definition) is 6. The summed E-state index contributed by atoms with van der Waals surface area (Å²) in [5.74, 6) is -0.366. The van der Waals surface area contributed by atoms with Crippen LogP contribution in [-0.2, 0) is 19.6 Å². The Morgan fingerprint density at radius 1 is 1.40 bits per heavy atom. The van der Waals surface area contributed by atoms with E-state index in [-0.39, 0.29) is 34.5 Å². The molecule has 0 radical (unpaired) electrons. The molecular weight excluding hydrogens is 409 g/mol. The van der Waals surface area contributed by atoms with Gasteiger partial charge in [-0.2, -0.15) is 0 Å². The summed E-state index contributed by atoms with van der Waals surface area (Å²) in [4.78, 5) is 12.0. The smallest absolute Gasteiger partial charge is 0.250 e. The monoisotopic (exact) mass is 431 g/mol. The zero-order chi connectivity index (χ0) is 17.6. The van der Waals surface area contributed by atoms with Crippen molar-refractivity contribution in [3.05, 3.63) is 16.5 Å². The van der Waals surface area contributed by atoms with Gasteiger partial charge in [0.05, 0.1) is 17.5 Å². The number of sulfonamides is 1. The molecule has 2 heterocycles. The van der Waals surface area contributed by atoms with Crippen molar-refractivity contribution in [1.82, 2.24) is 15.4 Å². The number of halogens is 2. The van der Waals surface area contributed by atoms with Crippen molar-refractivity contribution >= 4 is 51.3 Å². The number of amides is 1. The van der Waals surface area contributed by atoms with Gasteiger partial charge in [-0.15, -0.1) is 23.7 Å². The quantitative estimate of drug-likeness (QED) is 0.575. The van der Waals surface area contributed by atoms with E-state index < -0.39 is 10.0 Å². The van der Waals surface area contributed by atoms with Crippen LogP contribution in [0.3, 0.4) is 0 Å². The topological polar surface area (TPSA) is 96.5 Å². The van der Waals surface area contributed by atoms with Crippen molar-refractivity contribution in [3.8, 4) is 0 Å². The van der Waals surface area contributed by atoms with Crippen LogP contribution in [0.4, 0.5) is 0 Å². The van der Waals surface area contributed by atoms with Crippen molar-refractivity contribution < 1.29 is 17.9 Å². The van der Waals surface area contributed by atoms with Gasteiger partial charge in [0.1, 0.15) is 4.21 Å². The van der Waals surface area contributed by atoms with E-state index in [0.717, 1.165) is 37.3 Å². The van der Waals surface area contributed by atoms with Gasteiger partial charge in [-0.3, -0.25) is 4.79 Å². The molecule has 11 heteroatoms. The average Bonchev–Trinajstić information content (AvgIpc) is 3.00. The minimum Gasteiger partial charge on any atom is -0.384 e. The average molecular weight is 432 g/mol. The number of carbonyl (C=O) groups is 1. The van der Waals surface area contributed by atoms with Gasteiger partial charge in [-0.25, -0.2) is 13.1 Å². The molecule has 3 N–H and O–H groups in total. The number of thiophene rings is 1. The minimum absolute atomic E-state index is 0. The van der Waals surface area contributed by atoms with Gasteiger partial charge in [-0.05, 0) is 38.1 Å². The molecule has 144 valence electrons. The Morgan fingerprint density at radius 3 is 2.64 bits per heavy atom. The van der Waals surface area contributed by atoms with Gasteiger partial charge < -0.3 is 15.4 Å². The predicted octanol–water partition coefficient (Wildman–Crippen LogP) is 1.23. The number of nitrogens with one attached hydrogen (secondary N) is 3. The zero-order valence-corrected chi connectivity index (χ0v) is 17.0. The van der Waals surface area contributed by atoms with Crippen LogP contribution in [0.15, 0.2) is 16.3 Å². The SMILES string of the molecule is COCC1(CNC(=O)CNS(=O)(=O)c2ccc(Cl)s2)CCNCC1.Cl. The van der Waals surface area contributed by atoms with Gasteiger partial charge in [0.2, 0.25) is 5.91 Å². The van der Waals surface area contributed by atoms with E-state index in [9.17, 15) is 13.2 Å². The Balaban J connectivity index is 0.00000312. The summed E-state index contributed by atoms with van der Waals surface area (Å²) in [5.41, 5.74) is -0.101. The van der Waals surface area contributed by atoms with Crippen LogP contribution in [-0.4, -0.2) is 54.2 Å². The van der Waals surface area contributed by atoms with Crippen LogP contribution in [0, 0.1) is 5.41 Å². The third-order valence-corrected chi connectivity index (χ3v) is 7.14. The third kappa shape index (κ3) is 6.67. The molecule has 0 bridgehead atoms. The van der Waals surface area contributed by atoms with Crippen molar-refractivity contribution in [2.24, 2.45) is 5.41 Å². The van der Waals surface area contributed by atoms with E-state index in [1.807, 2.05) is 0 Å². The first-order chi connectivity index (χ1) is 11.4. The first-order valence-electron chi connectivity index (χ1n) is 7.58. The van der Waals surface area contributed by atoms with Crippen LogP contribution in [0.1, 0.15) is 12.8 Å². The molecule has 0 saturated carbocycles. The first kappa shape index (κ1) is 22.6. The van der Waals surface area contributed by atoms with Gasteiger partial charge >= 0.3 is 0 Å². The molecule has 1 aliphatic heterocycles. The molecule has 0 spiro atoms.